The summed E-state index contributed by atoms with van der Waals surface area (Å²) in [5.74, 6) is -2.52. The van der Waals surface area contributed by atoms with Crippen LogP contribution in [0.5, 0.6) is 0 Å². The number of aliphatic hydroxyl groups excluding tert-OH is 1. The second-order valence-electron chi connectivity index (χ2n) is 17.9. The Morgan fingerprint density at radius 2 is 1.66 bits per heavy atom. The lowest BCUT2D eigenvalue weighted by Crippen LogP contribution is -2.49. The van der Waals surface area contributed by atoms with E-state index < -0.39 is 41.8 Å². The number of rotatable bonds is 16. The number of ether oxygens (including phenoxy) is 1. The number of halogens is 5. The molecule has 0 radical (unpaired) electrons. The molecular weight excluding hydrogens is 752 g/mol. The van der Waals surface area contributed by atoms with Gasteiger partial charge in [0.15, 0.2) is 0 Å². The lowest BCUT2D eigenvalue weighted by molar-refractivity contribution is -0.284. The molecule has 9 atom stereocenters. The van der Waals surface area contributed by atoms with E-state index in [9.17, 15) is 41.2 Å². The third-order valence-electron chi connectivity index (χ3n) is 14.6. The van der Waals surface area contributed by atoms with E-state index in [-0.39, 0.29) is 23.3 Å². The molecule has 13 heteroatoms. The van der Waals surface area contributed by atoms with Gasteiger partial charge in [0.1, 0.15) is 0 Å². The minimum Gasteiger partial charge on any atom is -0.465 e. The number of nitrogens with zero attached hydrogens (tertiary/aromatic N) is 2. The lowest BCUT2D eigenvalue weighted by Gasteiger charge is -2.53. The number of piperidine rings is 1. The van der Waals surface area contributed by atoms with Gasteiger partial charge < -0.3 is 19.8 Å². The van der Waals surface area contributed by atoms with Crippen molar-refractivity contribution in [3.63, 3.8) is 0 Å². The van der Waals surface area contributed by atoms with Crippen LogP contribution in [-0.2, 0) is 22.0 Å². The molecule has 0 spiro atoms. The molecular formula is C43H65F5N2O5S. The highest BCUT2D eigenvalue weighted by Gasteiger charge is 2.57. The number of fused-ring (bicyclic) bond motifs is 5. The van der Waals surface area contributed by atoms with E-state index in [1.54, 1.807) is 4.90 Å². The SMILES string of the molecule is C[C@]12CC[C@@H]3c4ccc(C5CC(N6CCCOCC6)CCN5C(=O)O)cc4C[C@@H](CCCCCCCCCS(=O)CCCC(F)(F)C(F)(F)F)[C@H]3[C@@H]1CC[C@@H]2O. The van der Waals surface area contributed by atoms with Gasteiger partial charge in [-0.1, -0.05) is 63.6 Å². The summed E-state index contributed by atoms with van der Waals surface area (Å²) in [5, 5.41) is 21.4. The minimum absolute atomic E-state index is 0.0356. The van der Waals surface area contributed by atoms with Crippen molar-refractivity contribution in [2.45, 2.75) is 159 Å². The number of amides is 1. The van der Waals surface area contributed by atoms with Crippen molar-refractivity contribution in [3.05, 3.63) is 34.9 Å². The number of unbranched alkanes of at least 4 members (excludes halogenated alkanes) is 6. The van der Waals surface area contributed by atoms with Crippen molar-refractivity contribution in [1.82, 2.24) is 9.80 Å². The van der Waals surface area contributed by atoms with E-state index >= 15 is 0 Å². The molecule has 56 heavy (non-hydrogen) atoms. The molecule has 1 aromatic carbocycles. The third-order valence-corrected chi connectivity index (χ3v) is 16.1. The first-order valence-corrected chi connectivity index (χ1v) is 23.1. The van der Waals surface area contributed by atoms with Gasteiger partial charge in [0.05, 0.1) is 18.8 Å². The molecule has 5 aliphatic rings. The maximum Gasteiger partial charge on any atom is 0.453 e. The van der Waals surface area contributed by atoms with Crippen LogP contribution in [0.2, 0.25) is 0 Å². The summed E-state index contributed by atoms with van der Waals surface area (Å²) >= 11 is 0. The summed E-state index contributed by atoms with van der Waals surface area (Å²) in [4.78, 5) is 16.7. The summed E-state index contributed by atoms with van der Waals surface area (Å²) in [5.41, 5.74) is 3.91. The van der Waals surface area contributed by atoms with Crippen LogP contribution in [0, 0.1) is 23.2 Å². The van der Waals surface area contributed by atoms with Gasteiger partial charge in [-0.15, -0.1) is 0 Å². The van der Waals surface area contributed by atoms with E-state index in [0.29, 0.717) is 48.4 Å². The molecule has 1 amide bonds. The average Bonchev–Trinajstić information content (AvgIpc) is 3.29. The van der Waals surface area contributed by atoms with Crippen molar-refractivity contribution < 1.29 is 45.9 Å². The fraction of sp³-hybridized carbons (Fsp3) is 0.837. The number of hydrogen-bond donors (Lipinski definition) is 2. The predicted octanol–water partition coefficient (Wildman–Crippen LogP) is 9.88. The van der Waals surface area contributed by atoms with Crippen molar-refractivity contribution >= 4 is 16.9 Å². The topological polar surface area (TPSA) is 90.3 Å². The van der Waals surface area contributed by atoms with Crippen LogP contribution in [-0.4, -0.2) is 98.9 Å². The summed E-state index contributed by atoms with van der Waals surface area (Å²) in [7, 11) is -1.38. The minimum atomic E-state index is -5.56. The van der Waals surface area contributed by atoms with Crippen LogP contribution < -0.4 is 0 Å². The van der Waals surface area contributed by atoms with E-state index in [1.807, 2.05) is 0 Å². The number of carboxylic acid groups (broad SMARTS) is 1. The van der Waals surface area contributed by atoms with Gasteiger partial charge in [-0.3, -0.25) is 9.11 Å². The van der Waals surface area contributed by atoms with Gasteiger partial charge in [-0.2, -0.15) is 22.0 Å². The fourth-order valence-corrected chi connectivity index (χ4v) is 12.7. The van der Waals surface area contributed by atoms with Crippen LogP contribution in [0.4, 0.5) is 26.7 Å². The van der Waals surface area contributed by atoms with E-state index in [4.69, 9.17) is 4.74 Å². The smallest absolute Gasteiger partial charge is 0.453 e. The van der Waals surface area contributed by atoms with Crippen LogP contribution in [0.1, 0.15) is 145 Å². The van der Waals surface area contributed by atoms with Crippen molar-refractivity contribution in [1.29, 1.82) is 0 Å². The Morgan fingerprint density at radius 1 is 0.929 bits per heavy atom. The summed E-state index contributed by atoms with van der Waals surface area (Å²) in [6.07, 6.45) is 7.35. The quantitative estimate of drug-likeness (QED) is 0.128. The summed E-state index contributed by atoms with van der Waals surface area (Å²) < 4.78 is 81.2. The molecule has 0 aromatic heterocycles. The molecule has 3 unspecified atom stereocenters. The van der Waals surface area contributed by atoms with Crippen molar-refractivity contribution in [2.75, 3.05) is 44.4 Å². The summed E-state index contributed by atoms with van der Waals surface area (Å²) in [6.45, 7) is 6.24. The molecule has 2 heterocycles. The monoisotopic (exact) mass is 816 g/mol. The molecule has 0 bridgehead atoms. The molecule has 2 N–H and O–H groups in total. The zero-order valence-electron chi connectivity index (χ0n) is 33.3. The zero-order chi connectivity index (χ0) is 40.1. The Bertz CT molecular complexity index is 1470. The number of alkyl halides is 5. The van der Waals surface area contributed by atoms with E-state index in [1.165, 1.54) is 11.1 Å². The Kier molecular flexibility index (Phi) is 14.9. The molecule has 318 valence electrons. The normalized spacial score (nSPS) is 32.0. The third kappa shape index (κ3) is 10.1. The molecule has 1 aromatic rings. The Hall–Kier alpha value is -1.83. The van der Waals surface area contributed by atoms with Crippen LogP contribution in [0.15, 0.2) is 18.2 Å². The molecule has 7 nitrogen and oxygen atoms in total. The van der Waals surface area contributed by atoms with Crippen molar-refractivity contribution in [2.24, 2.45) is 23.2 Å². The number of benzene rings is 1. The predicted molar refractivity (Wildman–Crippen MR) is 208 cm³/mol. The second kappa shape index (κ2) is 19.0. The highest BCUT2D eigenvalue weighted by molar-refractivity contribution is 7.84. The Labute approximate surface area is 332 Å². The average molecular weight is 817 g/mol. The van der Waals surface area contributed by atoms with Crippen molar-refractivity contribution in [3.8, 4) is 0 Å². The molecule has 3 aliphatic carbocycles. The number of likely N-dealkylation sites (tertiary alicyclic amines) is 1. The highest BCUT2D eigenvalue weighted by Crippen LogP contribution is 2.63. The van der Waals surface area contributed by atoms with Crippen LogP contribution in [0.25, 0.3) is 0 Å². The molecule has 6 rings (SSSR count). The molecule has 2 aliphatic heterocycles. The van der Waals surface area contributed by atoms with Gasteiger partial charge in [0.25, 0.3) is 0 Å². The highest BCUT2D eigenvalue weighted by atomic mass is 32.2. The fourth-order valence-electron chi connectivity index (χ4n) is 11.5. The molecule has 2 saturated carbocycles. The summed E-state index contributed by atoms with van der Waals surface area (Å²) in [6, 6.07) is 7.07. The second-order valence-corrected chi connectivity index (χ2v) is 19.6. The largest absolute Gasteiger partial charge is 0.465 e. The first kappa shape index (κ1) is 43.7. The zero-order valence-corrected chi connectivity index (χ0v) is 34.1. The molecule has 2 saturated heterocycles. The van der Waals surface area contributed by atoms with Gasteiger partial charge in [0, 0.05) is 61.0 Å². The molecule has 4 fully saturated rings. The Morgan fingerprint density at radius 3 is 2.41 bits per heavy atom. The van der Waals surface area contributed by atoms with E-state index in [2.05, 4.69) is 30.0 Å². The van der Waals surface area contributed by atoms with Gasteiger partial charge >= 0.3 is 18.2 Å². The maximum absolute atomic E-state index is 13.1. The first-order chi connectivity index (χ1) is 26.7. The van der Waals surface area contributed by atoms with Crippen LogP contribution >= 0.6 is 0 Å². The standard InChI is InChI=1S/C43H65F5N2O5S/c1-41-19-16-35-34-13-12-30(37-29-33(17-21-50(37)40(52)53)49-20-10-23-55-24-22-49)27-32(34)28-31(39(35)36(41)14-15-38(41)51)11-7-5-3-2-4-6-8-25-56(54)26-9-18-42(44,45)43(46,47)48/h12-13,27,31,33,35-39,51H,2-11,14-26,28-29H2,1H3,(H,52,53)/t31-,33?,35-,36+,37?,38+,39-,41+,56?/m1/s1. The van der Waals surface area contributed by atoms with Crippen LogP contribution in [0.3, 0.4) is 0 Å². The number of hydrogen-bond acceptors (Lipinski definition) is 5. The van der Waals surface area contributed by atoms with Gasteiger partial charge in [0.2, 0.25) is 0 Å². The first-order valence-electron chi connectivity index (χ1n) is 21.6. The number of carbonyl (C=O) groups is 1. The maximum atomic E-state index is 13.1. The van der Waals surface area contributed by atoms with Gasteiger partial charge in [-0.25, -0.2) is 4.79 Å². The van der Waals surface area contributed by atoms with E-state index in [0.717, 1.165) is 128 Å². The lowest BCUT2D eigenvalue weighted by atomic mass is 9.52. The number of aliphatic hydroxyl groups is 1. The van der Waals surface area contributed by atoms with Gasteiger partial charge in [-0.05, 0) is 116 Å². The Balaban J connectivity index is 1.03.